The van der Waals surface area contributed by atoms with Crippen LogP contribution in [0.3, 0.4) is 0 Å². The monoisotopic (exact) mass is 227 g/mol. The SMILES string of the molecule is CCCC(CS)CN1C(=O)C2CC2C1=O. The van der Waals surface area contributed by atoms with E-state index in [2.05, 4.69) is 19.6 Å². The van der Waals surface area contributed by atoms with Crippen molar-refractivity contribution in [3.05, 3.63) is 0 Å². The lowest BCUT2D eigenvalue weighted by atomic mass is 10.1. The minimum atomic E-state index is 0.0414. The maximum atomic E-state index is 11.7. The van der Waals surface area contributed by atoms with Gasteiger partial charge in [-0.05, 0) is 24.5 Å². The van der Waals surface area contributed by atoms with Crippen molar-refractivity contribution in [2.75, 3.05) is 12.3 Å². The molecule has 1 heterocycles. The van der Waals surface area contributed by atoms with Crippen LogP contribution in [0.15, 0.2) is 0 Å². The summed E-state index contributed by atoms with van der Waals surface area (Å²) in [6, 6.07) is 0. The van der Waals surface area contributed by atoms with Crippen molar-refractivity contribution in [2.45, 2.75) is 26.2 Å². The summed E-state index contributed by atoms with van der Waals surface area (Å²) in [4.78, 5) is 24.9. The van der Waals surface area contributed by atoms with E-state index in [1.165, 1.54) is 4.90 Å². The third-order valence-corrected chi connectivity index (χ3v) is 3.87. The van der Waals surface area contributed by atoms with Gasteiger partial charge in [0.05, 0.1) is 11.8 Å². The number of piperidine rings is 1. The third-order valence-electron chi connectivity index (χ3n) is 3.35. The molecule has 1 saturated carbocycles. The summed E-state index contributed by atoms with van der Waals surface area (Å²) in [5.41, 5.74) is 0. The fourth-order valence-electron chi connectivity index (χ4n) is 2.34. The fourth-order valence-corrected chi connectivity index (χ4v) is 2.63. The van der Waals surface area contributed by atoms with E-state index in [1.807, 2.05) is 0 Å². The quantitative estimate of drug-likeness (QED) is 0.568. The molecule has 0 radical (unpaired) electrons. The highest BCUT2D eigenvalue weighted by molar-refractivity contribution is 7.80. The van der Waals surface area contributed by atoms with E-state index in [1.54, 1.807) is 0 Å². The van der Waals surface area contributed by atoms with Gasteiger partial charge in [-0.15, -0.1) is 0 Å². The standard InChI is InChI=1S/C11H17NO2S/c1-2-3-7(6-15)5-12-10(13)8-4-9(8)11(12)14/h7-9,15H,2-6H2,1H3. The average molecular weight is 227 g/mol. The van der Waals surface area contributed by atoms with Gasteiger partial charge in [-0.2, -0.15) is 12.6 Å². The Balaban J connectivity index is 1.93. The van der Waals surface area contributed by atoms with Crippen molar-refractivity contribution in [2.24, 2.45) is 17.8 Å². The molecule has 2 rings (SSSR count). The second-order valence-electron chi connectivity index (χ2n) is 4.57. The number of hydrogen-bond acceptors (Lipinski definition) is 3. The van der Waals surface area contributed by atoms with Crippen molar-refractivity contribution in [3.63, 3.8) is 0 Å². The van der Waals surface area contributed by atoms with Crippen molar-refractivity contribution < 1.29 is 9.59 Å². The molecule has 84 valence electrons. The zero-order chi connectivity index (χ0) is 11.0. The van der Waals surface area contributed by atoms with Gasteiger partial charge in [0.25, 0.3) is 0 Å². The van der Waals surface area contributed by atoms with Gasteiger partial charge >= 0.3 is 0 Å². The molecule has 0 aromatic rings. The van der Waals surface area contributed by atoms with Crippen molar-refractivity contribution >= 4 is 24.4 Å². The second kappa shape index (κ2) is 4.16. The molecule has 1 saturated heterocycles. The Hall–Kier alpha value is -0.510. The fraction of sp³-hybridized carbons (Fsp3) is 0.818. The number of likely N-dealkylation sites (tertiary alicyclic amines) is 1. The predicted molar refractivity (Wildman–Crippen MR) is 60.6 cm³/mol. The second-order valence-corrected chi connectivity index (χ2v) is 4.94. The van der Waals surface area contributed by atoms with Gasteiger partial charge in [0.1, 0.15) is 0 Å². The number of imide groups is 1. The average Bonchev–Trinajstić information content (AvgIpc) is 2.97. The van der Waals surface area contributed by atoms with E-state index in [4.69, 9.17) is 0 Å². The molecular formula is C11H17NO2S. The molecule has 1 aliphatic carbocycles. The first-order valence-corrected chi connectivity index (χ1v) is 6.28. The van der Waals surface area contributed by atoms with Crippen LogP contribution in [0, 0.1) is 17.8 Å². The summed E-state index contributed by atoms with van der Waals surface area (Å²) in [6.07, 6.45) is 2.91. The lowest BCUT2D eigenvalue weighted by Gasteiger charge is -2.22. The van der Waals surface area contributed by atoms with E-state index in [0.717, 1.165) is 25.0 Å². The molecule has 1 aliphatic heterocycles. The van der Waals surface area contributed by atoms with Crippen LogP contribution in [0.5, 0.6) is 0 Å². The molecule has 0 N–H and O–H groups in total. The summed E-state index contributed by atoms with van der Waals surface area (Å²) in [7, 11) is 0. The minimum Gasteiger partial charge on any atom is -0.282 e. The Morgan fingerprint density at radius 3 is 2.47 bits per heavy atom. The Kier molecular flexibility index (Phi) is 3.05. The van der Waals surface area contributed by atoms with Crippen LogP contribution < -0.4 is 0 Å². The van der Waals surface area contributed by atoms with Crippen LogP contribution in [0.2, 0.25) is 0 Å². The van der Waals surface area contributed by atoms with Crippen LogP contribution in [-0.2, 0) is 9.59 Å². The first-order valence-electron chi connectivity index (χ1n) is 5.65. The predicted octanol–water partition coefficient (Wildman–Crippen LogP) is 1.34. The molecular weight excluding hydrogens is 210 g/mol. The molecule has 3 nitrogen and oxygen atoms in total. The van der Waals surface area contributed by atoms with E-state index in [9.17, 15) is 9.59 Å². The van der Waals surface area contributed by atoms with E-state index in [-0.39, 0.29) is 23.7 Å². The highest BCUT2D eigenvalue weighted by Crippen LogP contribution is 2.47. The topological polar surface area (TPSA) is 37.4 Å². The number of fused-ring (bicyclic) bond motifs is 1. The molecule has 2 fully saturated rings. The Morgan fingerprint density at radius 2 is 2.00 bits per heavy atom. The zero-order valence-corrected chi connectivity index (χ0v) is 9.87. The molecule has 0 bridgehead atoms. The number of carbonyl (C=O) groups excluding carboxylic acids is 2. The first-order chi connectivity index (χ1) is 7.19. The Labute approximate surface area is 95.6 Å². The molecule has 0 spiro atoms. The van der Waals surface area contributed by atoms with Crippen LogP contribution in [0.1, 0.15) is 26.2 Å². The molecule has 15 heavy (non-hydrogen) atoms. The maximum absolute atomic E-state index is 11.7. The Morgan fingerprint density at radius 1 is 1.40 bits per heavy atom. The van der Waals surface area contributed by atoms with Gasteiger partial charge in [0.15, 0.2) is 0 Å². The van der Waals surface area contributed by atoms with Gasteiger partial charge in [0.2, 0.25) is 11.8 Å². The number of carbonyl (C=O) groups is 2. The summed E-state index contributed by atoms with van der Waals surface area (Å²) in [6.45, 7) is 2.70. The molecule has 0 aromatic heterocycles. The van der Waals surface area contributed by atoms with Gasteiger partial charge < -0.3 is 0 Å². The van der Waals surface area contributed by atoms with Gasteiger partial charge in [-0.1, -0.05) is 13.3 Å². The van der Waals surface area contributed by atoms with Crippen LogP contribution >= 0.6 is 12.6 Å². The van der Waals surface area contributed by atoms with Crippen LogP contribution in [-0.4, -0.2) is 29.0 Å². The summed E-state index contributed by atoms with van der Waals surface area (Å²) < 4.78 is 0. The molecule has 3 atom stereocenters. The number of nitrogens with zero attached hydrogens (tertiary/aromatic N) is 1. The van der Waals surface area contributed by atoms with Crippen molar-refractivity contribution in [1.29, 1.82) is 0 Å². The number of thiol groups is 1. The zero-order valence-electron chi connectivity index (χ0n) is 8.98. The number of hydrogen-bond donors (Lipinski definition) is 1. The van der Waals surface area contributed by atoms with E-state index in [0.29, 0.717) is 12.5 Å². The molecule has 2 amide bonds. The highest BCUT2D eigenvalue weighted by atomic mass is 32.1. The van der Waals surface area contributed by atoms with Gasteiger partial charge in [-0.3, -0.25) is 14.5 Å². The van der Waals surface area contributed by atoms with Crippen LogP contribution in [0.4, 0.5) is 0 Å². The summed E-state index contributed by atoms with van der Waals surface area (Å²) in [5, 5.41) is 0. The summed E-state index contributed by atoms with van der Waals surface area (Å²) >= 11 is 4.27. The lowest BCUT2D eigenvalue weighted by Crippen LogP contribution is -2.37. The van der Waals surface area contributed by atoms with Crippen molar-refractivity contribution in [1.82, 2.24) is 4.90 Å². The maximum Gasteiger partial charge on any atom is 0.233 e. The molecule has 0 aromatic carbocycles. The molecule has 2 aliphatic rings. The number of amides is 2. The molecule has 4 heteroatoms. The largest absolute Gasteiger partial charge is 0.282 e. The van der Waals surface area contributed by atoms with E-state index >= 15 is 0 Å². The van der Waals surface area contributed by atoms with Crippen molar-refractivity contribution in [3.8, 4) is 0 Å². The smallest absolute Gasteiger partial charge is 0.233 e. The summed E-state index contributed by atoms with van der Waals surface area (Å²) in [5.74, 6) is 1.32. The van der Waals surface area contributed by atoms with Gasteiger partial charge in [0, 0.05) is 6.54 Å². The van der Waals surface area contributed by atoms with Gasteiger partial charge in [-0.25, -0.2) is 0 Å². The lowest BCUT2D eigenvalue weighted by molar-refractivity contribution is -0.141. The normalized spacial score (nSPS) is 30.7. The first kappa shape index (κ1) is 11.0. The number of rotatable bonds is 5. The minimum absolute atomic E-state index is 0.0414. The Bertz CT molecular complexity index is 272. The van der Waals surface area contributed by atoms with Crippen LogP contribution in [0.25, 0.3) is 0 Å². The molecule has 3 unspecified atom stereocenters. The third kappa shape index (κ3) is 1.92. The van der Waals surface area contributed by atoms with E-state index < -0.39 is 0 Å². The highest BCUT2D eigenvalue weighted by Gasteiger charge is 2.58.